The number of rotatable bonds is 5. The van der Waals surface area contributed by atoms with Crippen LogP contribution in [0.15, 0.2) is 41.5 Å². The van der Waals surface area contributed by atoms with Gasteiger partial charge in [-0.25, -0.2) is 18.2 Å². The molecule has 2 unspecified atom stereocenters. The number of alkyl halides is 2. The Hall–Kier alpha value is -3.14. The third-order valence-electron chi connectivity index (χ3n) is 5.77. The van der Waals surface area contributed by atoms with Crippen molar-refractivity contribution in [2.45, 2.75) is 17.6 Å². The second kappa shape index (κ2) is 7.84. The summed E-state index contributed by atoms with van der Waals surface area (Å²) in [6.07, 6.45) is 1.13. The number of ether oxygens (including phenoxy) is 2. The van der Waals surface area contributed by atoms with Crippen LogP contribution in [-0.2, 0) is 10.3 Å². The summed E-state index contributed by atoms with van der Waals surface area (Å²) in [5.74, 6) is -1.75. The zero-order valence-electron chi connectivity index (χ0n) is 16.7. The number of nitrogens with two attached hydrogens (primary N) is 1. The monoisotopic (exact) mass is 434 g/mol. The molecule has 10 heteroatoms. The SMILES string of the molecule is COc1ccc(C(=O)Nc2ccc(F)c([C@]34COCC3CC(F)(CF)C(N)=N4)c2)nc1. The van der Waals surface area contributed by atoms with Crippen LogP contribution < -0.4 is 15.8 Å². The van der Waals surface area contributed by atoms with E-state index in [1.54, 1.807) is 6.07 Å². The highest BCUT2D eigenvalue weighted by Gasteiger charge is 2.56. The lowest BCUT2D eigenvalue weighted by atomic mass is 9.73. The molecule has 1 aromatic carbocycles. The van der Waals surface area contributed by atoms with Crippen LogP contribution in [0.4, 0.5) is 18.9 Å². The lowest BCUT2D eigenvalue weighted by molar-refractivity contribution is 0.102. The van der Waals surface area contributed by atoms with Gasteiger partial charge in [-0.15, -0.1) is 0 Å². The minimum Gasteiger partial charge on any atom is -0.495 e. The van der Waals surface area contributed by atoms with Crippen LogP contribution in [0.3, 0.4) is 0 Å². The fourth-order valence-electron chi connectivity index (χ4n) is 4.02. The minimum absolute atomic E-state index is 0.0327. The van der Waals surface area contributed by atoms with Gasteiger partial charge in [-0.05, 0) is 36.8 Å². The standard InChI is InChI=1S/C21H21F3N4O3/c1-30-14-3-5-17(26-8-14)18(29)27-13-2-4-16(23)15(6-13)21-11-31-9-12(21)7-20(24,10-22)19(25)28-21/h2-6,8,12H,7,9-11H2,1H3,(H2,25,28)(H,27,29)/t12?,20?,21-/m0/s1. The molecule has 0 saturated carbocycles. The Morgan fingerprint density at radius 2 is 2.19 bits per heavy atom. The Kier molecular flexibility index (Phi) is 5.34. The first-order valence-corrected chi connectivity index (χ1v) is 9.61. The lowest BCUT2D eigenvalue weighted by Crippen LogP contribution is -2.53. The summed E-state index contributed by atoms with van der Waals surface area (Å²) in [4.78, 5) is 20.7. The molecule has 31 heavy (non-hydrogen) atoms. The van der Waals surface area contributed by atoms with Crippen LogP contribution in [0.25, 0.3) is 0 Å². The summed E-state index contributed by atoms with van der Waals surface area (Å²) < 4.78 is 53.4. The number of hydrogen-bond donors (Lipinski definition) is 2. The van der Waals surface area contributed by atoms with Gasteiger partial charge < -0.3 is 20.5 Å². The number of pyridine rings is 1. The zero-order chi connectivity index (χ0) is 22.2. The van der Waals surface area contributed by atoms with Crippen LogP contribution >= 0.6 is 0 Å². The van der Waals surface area contributed by atoms with Gasteiger partial charge in [0, 0.05) is 17.2 Å². The summed E-state index contributed by atoms with van der Waals surface area (Å²) >= 11 is 0. The van der Waals surface area contributed by atoms with E-state index in [1.165, 1.54) is 37.6 Å². The average Bonchev–Trinajstić information content (AvgIpc) is 3.18. The van der Waals surface area contributed by atoms with Crippen molar-refractivity contribution < 1.29 is 27.4 Å². The molecule has 0 aliphatic carbocycles. The van der Waals surface area contributed by atoms with E-state index in [4.69, 9.17) is 15.2 Å². The number of benzene rings is 1. The molecule has 0 radical (unpaired) electrons. The second-order valence-electron chi connectivity index (χ2n) is 7.67. The first-order valence-electron chi connectivity index (χ1n) is 9.61. The number of nitrogens with zero attached hydrogens (tertiary/aromatic N) is 2. The number of aromatic nitrogens is 1. The first-order chi connectivity index (χ1) is 14.8. The average molecular weight is 434 g/mol. The number of methoxy groups -OCH3 is 1. The summed E-state index contributed by atoms with van der Waals surface area (Å²) in [5.41, 5.74) is 2.57. The van der Waals surface area contributed by atoms with Gasteiger partial charge in [0.15, 0.2) is 5.67 Å². The van der Waals surface area contributed by atoms with Crippen molar-refractivity contribution in [1.82, 2.24) is 4.98 Å². The molecule has 1 saturated heterocycles. The number of carbonyl (C=O) groups is 1. The molecule has 164 valence electrons. The van der Waals surface area contributed by atoms with Crippen LogP contribution in [-0.4, -0.2) is 49.4 Å². The first kappa shape index (κ1) is 21.1. The Morgan fingerprint density at radius 1 is 1.39 bits per heavy atom. The number of amides is 1. The molecule has 3 N–H and O–H groups in total. The van der Waals surface area contributed by atoms with Crippen molar-refractivity contribution in [3.05, 3.63) is 53.6 Å². The van der Waals surface area contributed by atoms with E-state index in [1.807, 2.05) is 0 Å². The van der Waals surface area contributed by atoms with E-state index < -0.39 is 41.4 Å². The molecular weight excluding hydrogens is 413 g/mol. The van der Waals surface area contributed by atoms with Gasteiger partial charge in [-0.3, -0.25) is 9.79 Å². The highest BCUT2D eigenvalue weighted by Crippen LogP contribution is 2.48. The summed E-state index contributed by atoms with van der Waals surface area (Å²) in [7, 11) is 1.48. The molecule has 0 spiro atoms. The molecule has 0 bridgehead atoms. The Labute approximate surface area is 176 Å². The third kappa shape index (κ3) is 3.60. The van der Waals surface area contributed by atoms with Gasteiger partial charge >= 0.3 is 0 Å². The predicted molar refractivity (Wildman–Crippen MR) is 107 cm³/mol. The Morgan fingerprint density at radius 3 is 2.87 bits per heavy atom. The second-order valence-corrected chi connectivity index (χ2v) is 7.67. The van der Waals surface area contributed by atoms with Crippen LogP contribution in [0.2, 0.25) is 0 Å². The number of carbonyl (C=O) groups excluding carboxylic acids is 1. The molecule has 1 fully saturated rings. The van der Waals surface area contributed by atoms with Gasteiger partial charge in [0.25, 0.3) is 5.91 Å². The number of hydrogen-bond acceptors (Lipinski definition) is 6. The molecule has 4 rings (SSSR count). The molecule has 2 aliphatic rings. The molecule has 1 aromatic heterocycles. The molecule has 3 heterocycles. The normalized spacial score (nSPS) is 27.4. The maximum Gasteiger partial charge on any atom is 0.274 e. The maximum atomic E-state index is 14.9. The smallest absolute Gasteiger partial charge is 0.274 e. The third-order valence-corrected chi connectivity index (χ3v) is 5.77. The topological polar surface area (TPSA) is 98.8 Å². The van der Waals surface area contributed by atoms with Crippen LogP contribution in [0.1, 0.15) is 22.5 Å². The number of aliphatic imine (C=N–C) groups is 1. The molecular formula is C21H21F3N4O3. The number of anilines is 1. The van der Waals surface area contributed by atoms with Crippen molar-refractivity contribution >= 4 is 17.4 Å². The number of halogens is 3. The predicted octanol–water partition coefficient (Wildman–Crippen LogP) is 2.76. The van der Waals surface area contributed by atoms with Gasteiger partial charge in [-0.1, -0.05) is 0 Å². The van der Waals surface area contributed by atoms with E-state index >= 15 is 0 Å². The van der Waals surface area contributed by atoms with E-state index in [9.17, 15) is 18.0 Å². The van der Waals surface area contributed by atoms with Gasteiger partial charge in [0.05, 0.1) is 26.5 Å². The summed E-state index contributed by atoms with van der Waals surface area (Å²) in [6, 6.07) is 7.05. The van der Waals surface area contributed by atoms with Crippen molar-refractivity contribution in [3.63, 3.8) is 0 Å². The molecule has 2 aromatic rings. The van der Waals surface area contributed by atoms with Gasteiger partial charge in [-0.2, -0.15) is 0 Å². The van der Waals surface area contributed by atoms with Crippen molar-refractivity contribution in [2.24, 2.45) is 16.6 Å². The quantitative estimate of drug-likeness (QED) is 0.754. The summed E-state index contributed by atoms with van der Waals surface area (Å²) in [5, 5.41) is 2.65. The van der Waals surface area contributed by atoms with Gasteiger partial charge in [0.1, 0.15) is 35.3 Å². The summed E-state index contributed by atoms with van der Waals surface area (Å²) in [6.45, 7) is -1.26. The molecule has 7 nitrogen and oxygen atoms in total. The number of fused-ring (bicyclic) bond motifs is 1. The fraction of sp³-hybridized carbons (Fsp3) is 0.381. The van der Waals surface area contributed by atoms with Gasteiger partial charge in [0.2, 0.25) is 0 Å². The number of amidine groups is 1. The van der Waals surface area contributed by atoms with E-state index in [2.05, 4.69) is 15.3 Å². The zero-order valence-corrected chi connectivity index (χ0v) is 16.7. The minimum atomic E-state index is -2.40. The van der Waals surface area contributed by atoms with Crippen LogP contribution in [0, 0.1) is 11.7 Å². The highest BCUT2D eigenvalue weighted by molar-refractivity contribution is 6.03. The van der Waals surface area contributed by atoms with Crippen LogP contribution in [0.5, 0.6) is 5.75 Å². The van der Waals surface area contributed by atoms with E-state index in [0.29, 0.717) is 5.75 Å². The molecule has 2 aliphatic heterocycles. The Balaban J connectivity index is 1.67. The Bertz CT molecular complexity index is 1030. The largest absolute Gasteiger partial charge is 0.495 e. The van der Waals surface area contributed by atoms with E-state index in [0.717, 1.165) is 0 Å². The molecule has 1 amide bonds. The highest BCUT2D eigenvalue weighted by atomic mass is 19.2. The maximum absolute atomic E-state index is 14.9. The molecule has 3 atom stereocenters. The number of nitrogens with one attached hydrogen (secondary N) is 1. The van der Waals surface area contributed by atoms with E-state index in [-0.39, 0.29) is 36.6 Å². The fourth-order valence-corrected chi connectivity index (χ4v) is 4.02. The van der Waals surface area contributed by atoms with Crippen molar-refractivity contribution in [3.8, 4) is 5.75 Å². The van der Waals surface area contributed by atoms with Crippen molar-refractivity contribution in [2.75, 3.05) is 32.3 Å². The lowest BCUT2D eigenvalue weighted by Gasteiger charge is -2.40. The van der Waals surface area contributed by atoms with Crippen molar-refractivity contribution in [1.29, 1.82) is 0 Å².